The van der Waals surface area contributed by atoms with Crippen molar-refractivity contribution in [2.45, 2.75) is 26.7 Å². The van der Waals surface area contributed by atoms with Crippen molar-refractivity contribution >= 4 is 5.97 Å². The quantitative estimate of drug-likeness (QED) is 0.614. The van der Waals surface area contributed by atoms with Crippen LogP contribution in [0.2, 0.25) is 0 Å². The molecule has 0 saturated heterocycles. The van der Waals surface area contributed by atoms with E-state index in [-0.39, 0.29) is 0 Å². The number of rotatable bonds is 7. The predicted molar refractivity (Wildman–Crippen MR) is 53.8 cm³/mol. The van der Waals surface area contributed by atoms with Crippen LogP contribution in [0.15, 0.2) is 12.2 Å². The van der Waals surface area contributed by atoms with Crippen molar-refractivity contribution in [2.75, 3.05) is 19.6 Å². The minimum atomic E-state index is -0.868. The zero-order chi connectivity index (χ0) is 10.1. The number of carboxylic acids is 1. The molecule has 0 aliphatic carbocycles. The molecule has 0 aromatic rings. The SMILES string of the molecule is CCCN(C/C=C/C(=O)O)CCC. The van der Waals surface area contributed by atoms with Gasteiger partial charge in [-0.2, -0.15) is 0 Å². The van der Waals surface area contributed by atoms with Gasteiger partial charge >= 0.3 is 5.97 Å². The van der Waals surface area contributed by atoms with Gasteiger partial charge in [0.05, 0.1) is 0 Å². The van der Waals surface area contributed by atoms with Gasteiger partial charge in [-0.1, -0.05) is 19.9 Å². The Morgan fingerprint density at radius 1 is 1.31 bits per heavy atom. The molecule has 3 nitrogen and oxygen atoms in total. The van der Waals surface area contributed by atoms with E-state index < -0.39 is 5.97 Å². The van der Waals surface area contributed by atoms with Gasteiger partial charge in [-0.3, -0.25) is 4.90 Å². The Morgan fingerprint density at radius 2 is 1.85 bits per heavy atom. The second-order valence-electron chi connectivity index (χ2n) is 3.04. The van der Waals surface area contributed by atoms with Crippen LogP contribution in [-0.2, 0) is 4.79 Å². The highest BCUT2D eigenvalue weighted by molar-refractivity contribution is 5.79. The molecular weight excluding hydrogens is 166 g/mol. The van der Waals surface area contributed by atoms with Gasteiger partial charge in [-0.25, -0.2) is 4.79 Å². The van der Waals surface area contributed by atoms with Crippen LogP contribution < -0.4 is 0 Å². The lowest BCUT2D eigenvalue weighted by Gasteiger charge is -2.18. The second kappa shape index (κ2) is 7.80. The van der Waals surface area contributed by atoms with Crippen LogP contribution in [0.5, 0.6) is 0 Å². The van der Waals surface area contributed by atoms with Crippen LogP contribution in [0.25, 0.3) is 0 Å². The first-order valence-corrected chi connectivity index (χ1v) is 4.82. The van der Waals surface area contributed by atoms with Crippen LogP contribution in [-0.4, -0.2) is 35.6 Å². The fourth-order valence-corrected chi connectivity index (χ4v) is 1.23. The summed E-state index contributed by atoms with van der Waals surface area (Å²) in [6.45, 7) is 7.08. The molecule has 13 heavy (non-hydrogen) atoms. The number of carbonyl (C=O) groups is 1. The van der Waals surface area contributed by atoms with E-state index in [0.717, 1.165) is 32.5 Å². The third-order valence-corrected chi connectivity index (χ3v) is 1.70. The molecule has 0 radical (unpaired) electrons. The number of hydrogen-bond acceptors (Lipinski definition) is 2. The molecule has 0 saturated carbocycles. The molecule has 0 aliphatic rings. The van der Waals surface area contributed by atoms with Gasteiger partial charge in [-0.05, 0) is 25.9 Å². The molecule has 0 aliphatic heterocycles. The summed E-state index contributed by atoms with van der Waals surface area (Å²) in [6.07, 6.45) is 5.13. The van der Waals surface area contributed by atoms with Crippen LogP contribution in [0.4, 0.5) is 0 Å². The van der Waals surface area contributed by atoms with Gasteiger partial charge in [0.1, 0.15) is 0 Å². The van der Waals surface area contributed by atoms with E-state index in [2.05, 4.69) is 18.7 Å². The van der Waals surface area contributed by atoms with Crippen molar-refractivity contribution in [3.63, 3.8) is 0 Å². The Balaban J connectivity index is 3.73. The summed E-state index contributed by atoms with van der Waals surface area (Å²) in [7, 11) is 0. The van der Waals surface area contributed by atoms with Gasteiger partial charge in [0.25, 0.3) is 0 Å². The summed E-state index contributed by atoms with van der Waals surface area (Å²) in [4.78, 5) is 12.4. The van der Waals surface area contributed by atoms with Crippen molar-refractivity contribution < 1.29 is 9.90 Å². The largest absolute Gasteiger partial charge is 0.478 e. The van der Waals surface area contributed by atoms with Crippen molar-refractivity contribution in [1.29, 1.82) is 0 Å². The van der Waals surface area contributed by atoms with Gasteiger partial charge in [0.15, 0.2) is 0 Å². The molecule has 0 bridgehead atoms. The molecular formula is C10H19NO2. The van der Waals surface area contributed by atoms with E-state index in [1.807, 2.05) is 0 Å². The summed E-state index contributed by atoms with van der Waals surface area (Å²) >= 11 is 0. The molecule has 0 aromatic heterocycles. The van der Waals surface area contributed by atoms with E-state index in [1.54, 1.807) is 6.08 Å². The second-order valence-corrected chi connectivity index (χ2v) is 3.04. The van der Waals surface area contributed by atoms with Crippen LogP contribution in [0.1, 0.15) is 26.7 Å². The van der Waals surface area contributed by atoms with Gasteiger partial charge in [-0.15, -0.1) is 0 Å². The topological polar surface area (TPSA) is 40.5 Å². The molecule has 0 rings (SSSR count). The maximum absolute atomic E-state index is 10.2. The Hall–Kier alpha value is -0.830. The third-order valence-electron chi connectivity index (χ3n) is 1.70. The summed E-state index contributed by atoms with van der Waals surface area (Å²) in [5.41, 5.74) is 0. The first-order chi connectivity index (χ1) is 6.20. The highest BCUT2D eigenvalue weighted by Crippen LogP contribution is 1.94. The number of aliphatic carboxylic acids is 1. The molecule has 0 atom stereocenters. The Labute approximate surface area is 80.0 Å². The zero-order valence-electron chi connectivity index (χ0n) is 8.49. The minimum Gasteiger partial charge on any atom is -0.478 e. The fourth-order valence-electron chi connectivity index (χ4n) is 1.23. The van der Waals surface area contributed by atoms with Crippen molar-refractivity contribution in [1.82, 2.24) is 4.90 Å². The van der Waals surface area contributed by atoms with Crippen LogP contribution >= 0.6 is 0 Å². The van der Waals surface area contributed by atoms with Crippen molar-refractivity contribution in [3.8, 4) is 0 Å². The molecule has 1 N–H and O–H groups in total. The minimum absolute atomic E-state index is 0.744. The Morgan fingerprint density at radius 3 is 2.23 bits per heavy atom. The number of hydrogen-bond donors (Lipinski definition) is 1. The van der Waals surface area contributed by atoms with E-state index >= 15 is 0 Å². The van der Waals surface area contributed by atoms with Gasteiger partial charge in [0.2, 0.25) is 0 Å². The highest BCUT2D eigenvalue weighted by atomic mass is 16.4. The molecule has 0 amide bonds. The summed E-state index contributed by atoms with van der Waals surface area (Å²) < 4.78 is 0. The van der Waals surface area contributed by atoms with Crippen molar-refractivity contribution in [3.05, 3.63) is 12.2 Å². The molecule has 0 aromatic carbocycles. The lowest BCUT2D eigenvalue weighted by Crippen LogP contribution is -2.25. The van der Waals surface area contributed by atoms with Crippen LogP contribution in [0.3, 0.4) is 0 Å². The van der Waals surface area contributed by atoms with Gasteiger partial charge < -0.3 is 5.11 Å². The highest BCUT2D eigenvalue weighted by Gasteiger charge is 1.98. The number of carboxylic acid groups (broad SMARTS) is 1. The summed E-state index contributed by atoms with van der Waals surface area (Å²) in [5.74, 6) is -0.868. The molecule has 3 heteroatoms. The van der Waals surface area contributed by atoms with E-state index in [4.69, 9.17) is 5.11 Å². The average Bonchev–Trinajstić information content (AvgIpc) is 2.04. The molecule has 0 fully saturated rings. The fraction of sp³-hybridized carbons (Fsp3) is 0.700. The lowest BCUT2D eigenvalue weighted by atomic mass is 10.3. The molecule has 0 spiro atoms. The van der Waals surface area contributed by atoms with Crippen molar-refractivity contribution in [2.24, 2.45) is 0 Å². The summed E-state index contributed by atoms with van der Waals surface area (Å²) in [6, 6.07) is 0. The monoisotopic (exact) mass is 185 g/mol. The van der Waals surface area contributed by atoms with E-state index in [0.29, 0.717) is 0 Å². The predicted octanol–water partition coefficient (Wildman–Crippen LogP) is 1.75. The lowest BCUT2D eigenvalue weighted by molar-refractivity contribution is -0.131. The third kappa shape index (κ3) is 7.53. The van der Waals surface area contributed by atoms with Gasteiger partial charge in [0, 0.05) is 12.6 Å². The first-order valence-electron chi connectivity index (χ1n) is 4.82. The van der Waals surface area contributed by atoms with E-state index in [1.165, 1.54) is 6.08 Å². The van der Waals surface area contributed by atoms with E-state index in [9.17, 15) is 4.79 Å². The maximum atomic E-state index is 10.2. The normalized spacial score (nSPS) is 11.3. The Kier molecular flexibility index (Phi) is 7.30. The molecule has 0 unspecified atom stereocenters. The molecule has 76 valence electrons. The maximum Gasteiger partial charge on any atom is 0.328 e. The number of nitrogens with zero attached hydrogens (tertiary/aromatic N) is 1. The van der Waals surface area contributed by atoms with Crippen LogP contribution in [0, 0.1) is 0 Å². The average molecular weight is 185 g/mol. The smallest absolute Gasteiger partial charge is 0.328 e. The summed E-state index contributed by atoms with van der Waals surface area (Å²) in [5, 5.41) is 8.38. The zero-order valence-corrected chi connectivity index (χ0v) is 8.49. The standard InChI is InChI=1S/C10H19NO2/c1-3-7-11(8-4-2)9-5-6-10(12)13/h5-6H,3-4,7-9H2,1-2H3,(H,12,13)/b6-5+. The Bertz CT molecular complexity index is 160. The first kappa shape index (κ1) is 12.2. The molecule has 0 heterocycles.